The lowest BCUT2D eigenvalue weighted by atomic mass is 9.80. The maximum atomic E-state index is 10.7. The van der Waals surface area contributed by atoms with Crippen molar-refractivity contribution < 1.29 is 20.1 Å². The highest BCUT2D eigenvalue weighted by molar-refractivity contribution is 5.13. The Morgan fingerprint density at radius 2 is 1.30 bits per heavy atom. The smallest absolute Gasteiger partial charge is 0.0717 e. The molecule has 0 bridgehead atoms. The summed E-state index contributed by atoms with van der Waals surface area (Å²) < 4.78 is 5.82. The van der Waals surface area contributed by atoms with Gasteiger partial charge in [-0.3, -0.25) is 0 Å². The van der Waals surface area contributed by atoms with Crippen molar-refractivity contribution in [2.45, 2.75) is 66.3 Å². The van der Waals surface area contributed by atoms with Crippen molar-refractivity contribution in [2.75, 3.05) is 13.2 Å². The summed E-state index contributed by atoms with van der Waals surface area (Å²) in [7, 11) is 0. The van der Waals surface area contributed by atoms with Crippen LogP contribution >= 0.6 is 0 Å². The van der Waals surface area contributed by atoms with E-state index >= 15 is 0 Å². The molecular formula is C23H40O4. The van der Waals surface area contributed by atoms with Crippen LogP contribution in [-0.4, -0.2) is 40.7 Å². The number of rotatable bonds is 13. The summed E-state index contributed by atoms with van der Waals surface area (Å²) in [6, 6.07) is 10.2. The number of aliphatic hydroxyl groups excluding tert-OH is 3. The molecule has 4 heteroatoms. The molecule has 156 valence electrons. The van der Waals surface area contributed by atoms with E-state index in [0.717, 1.165) is 12.8 Å². The molecule has 0 spiro atoms. The van der Waals surface area contributed by atoms with E-state index in [0.29, 0.717) is 19.1 Å². The van der Waals surface area contributed by atoms with E-state index in [9.17, 15) is 15.3 Å². The van der Waals surface area contributed by atoms with Crippen molar-refractivity contribution in [1.29, 1.82) is 0 Å². The minimum atomic E-state index is -0.537. The third-order valence-electron chi connectivity index (χ3n) is 5.65. The van der Waals surface area contributed by atoms with Crippen molar-refractivity contribution in [3.63, 3.8) is 0 Å². The summed E-state index contributed by atoms with van der Waals surface area (Å²) >= 11 is 0. The van der Waals surface area contributed by atoms with E-state index in [1.165, 1.54) is 5.56 Å². The first-order valence-electron chi connectivity index (χ1n) is 10.3. The molecule has 0 radical (unpaired) electrons. The van der Waals surface area contributed by atoms with Gasteiger partial charge >= 0.3 is 0 Å². The maximum absolute atomic E-state index is 10.7. The lowest BCUT2D eigenvalue weighted by molar-refractivity contribution is -0.0000438. The summed E-state index contributed by atoms with van der Waals surface area (Å²) in [5, 5.41) is 30.1. The van der Waals surface area contributed by atoms with Crippen molar-refractivity contribution in [2.24, 2.45) is 29.6 Å². The van der Waals surface area contributed by atoms with Gasteiger partial charge in [0.15, 0.2) is 0 Å². The fourth-order valence-corrected chi connectivity index (χ4v) is 3.89. The van der Waals surface area contributed by atoms with Gasteiger partial charge in [-0.2, -0.15) is 0 Å². The molecule has 4 nitrogen and oxygen atoms in total. The van der Waals surface area contributed by atoms with Crippen LogP contribution in [0.2, 0.25) is 0 Å². The summed E-state index contributed by atoms with van der Waals surface area (Å²) in [6.07, 6.45) is 0.714. The van der Waals surface area contributed by atoms with E-state index in [-0.39, 0.29) is 30.3 Å². The number of aliphatic hydroxyl groups is 3. The largest absolute Gasteiger partial charge is 0.396 e. The Bertz CT molecular complexity index is 492. The van der Waals surface area contributed by atoms with E-state index < -0.39 is 12.2 Å². The summed E-state index contributed by atoms with van der Waals surface area (Å²) in [6.45, 7) is 11.4. The van der Waals surface area contributed by atoms with Crippen molar-refractivity contribution in [3.05, 3.63) is 35.9 Å². The van der Waals surface area contributed by atoms with E-state index in [1.807, 2.05) is 39.0 Å². The molecule has 0 saturated carbocycles. The van der Waals surface area contributed by atoms with E-state index in [4.69, 9.17) is 4.74 Å². The van der Waals surface area contributed by atoms with Crippen LogP contribution in [0.25, 0.3) is 0 Å². The Kier molecular flexibility index (Phi) is 11.2. The van der Waals surface area contributed by atoms with Crippen molar-refractivity contribution in [3.8, 4) is 0 Å². The molecule has 0 amide bonds. The normalized spacial score (nSPS) is 19.7. The Balaban J connectivity index is 2.35. The second-order valence-electron chi connectivity index (χ2n) is 8.65. The zero-order valence-corrected chi connectivity index (χ0v) is 17.7. The van der Waals surface area contributed by atoms with Gasteiger partial charge < -0.3 is 20.1 Å². The first-order valence-corrected chi connectivity index (χ1v) is 10.3. The Hall–Kier alpha value is -0.940. The quantitative estimate of drug-likeness (QED) is 0.486. The van der Waals surface area contributed by atoms with Crippen molar-refractivity contribution >= 4 is 0 Å². The van der Waals surface area contributed by atoms with Gasteiger partial charge in [0.1, 0.15) is 0 Å². The fraction of sp³-hybridized carbons (Fsp3) is 0.739. The topological polar surface area (TPSA) is 69.9 Å². The molecule has 1 rings (SSSR count). The monoisotopic (exact) mass is 380 g/mol. The highest BCUT2D eigenvalue weighted by Gasteiger charge is 2.28. The summed E-state index contributed by atoms with van der Waals surface area (Å²) in [5.74, 6) is 0.574. The number of hydrogen-bond donors (Lipinski definition) is 3. The zero-order valence-electron chi connectivity index (χ0n) is 17.7. The van der Waals surface area contributed by atoms with Crippen LogP contribution in [0.15, 0.2) is 30.3 Å². The van der Waals surface area contributed by atoms with Crippen LogP contribution in [0, 0.1) is 29.6 Å². The third-order valence-corrected chi connectivity index (χ3v) is 5.65. The van der Waals surface area contributed by atoms with Gasteiger partial charge in [0.25, 0.3) is 0 Å². The van der Waals surface area contributed by atoms with Gasteiger partial charge in [0.05, 0.1) is 18.8 Å². The molecule has 0 aliphatic carbocycles. The molecule has 27 heavy (non-hydrogen) atoms. The van der Waals surface area contributed by atoms with Crippen LogP contribution in [0.1, 0.15) is 53.0 Å². The molecule has 0 fully saturated rings. The fourth-order valence-electron chi connectivity index (χ4n) is 3.89. The Labute approximate surface area is 165 Å². The highest BCUT2D eigenvalue weighted by atomic mass is 16.5. The predicted molar refractivity (Wildman–Crippen MR) is 110 cm³/mol. The van der Waals surface area contributed by atoms with Gasteiger partial charge in [-0.15, -0.1) is 0 Å². The summed E-state index contributed by atoms with van der Waals surface area (Å²) in [5.41, 5.74) is 1.18. The Morgan fingerprint density at radius 1 is 0.778 bits per heavy atom. The average Bonchev–Trinajstić information content (AvgIpc) is 2.66. The van der Waals surface area contributed by atoms with Crippen LogP contribution in [0.4, 0.5) is 0 Å². The molecular weight excluding hydrogens is 340 g/mol. The number of ether oxygens (including phenoxy) is 1. The zero-order chi connectivity index (χ0) is 20.4. The van der Waals surface area contributed by atoms with Gasteiger partial charge in [-0.05, 0) is 42.1 Å². The van der Waals surface area contributed by atoms with Gasteiger partial charge in [-0.25, -0.2) is 0 Å². The molecule has 0 aromatic heterocycles. The second kappa shape index (κ2) is 12.5. The molecule has 0 unspecified atom stereocenters. The first-order chi connectivity index (χ1) is 12.8. The SMILES string of the molecule is C[C@@H](COCc1ccccc1)C[C@@H](C)[C@H](O)[C@H](C)C[C@@H](C)[C@H](O)[C@H](C)CO. The molecule has 1 aromatic rings. The number of benzene rings is 1. The van der Waals surface area contributed by atoms with Gasteiger partial charge in [0, 0.05) is 19.1 Å². The minimum Gasteiger partial charge on any atom is -0.396 e. The third kappa shape index (κ3) is 8.73. The molecule has 0 saturated heterocycles. The standard InChI is InChI=1S/C23H40O4/c1-16(14-27-15-21-9-7-6-8-10-21)11-17(2)22(25)18(3)12-19(4)23(26)20(5)13-24/h6-10,16-20,22-26H,11-15H2,1-5H3/t16-,17-,18-,19-,20-,22+,23+/m1/s1. The van der Waals surface area contributed by atoms with E-state index in [2.05, 4.69) is 26.0 Å². The number of hydrogen-bond acceptors (Lipinski definition) is 4. The second-order valence-corrected chi connectivity index (χ2v) is 8.65. The Morgan fingerprint density at radius 3 is 1.85 bits per heavy atom. The molecule has 0 aliphatic rings. The maximum Gasteiger partial charge on any atom is 0.0717 e. The molecule has 0 aliphatic heterocycles. The lowest BCUT2D eigenvalue weighted by Crippen LogP contribution is -2.33. The van der Waals surface area contributed by atoms with E-state index in [1.54, 1.807) is 0 Å². The molecule has 0 heterocycles. The van der Waals surface area contributed by atoms with Crippen LogP contribution in [-0.2, 0) is 11.3 Å². The van der Waals surface area contributed by atoms with Crippen LogP contribution in [0.3, 0.4) is 0 Å². The first kappa shape index (κ1) is 24.1. The molecule has 3 N–H and O–H groups in total. The van der Waals surface area contributed by atoms with Crippen LogP contribution < -0.4 is 0 Å². The van der Waals surface area contributed by atoms with Crippen LogP contribution in [0.5, 0.6) is 0 Å². The average molecular weight is 381 g/mol. The predicted octanol–water partition coefficient (Wildman–Crippen LogP) is 3.88. The van der Waals surface area contributed by atoms with Crippen molar-refractivity contribution in [1.82, 2.24) is 0 Å². The summed E-state index contributed by atoms with van der Waals surface area (Å²) in [4.78, 5) is 0. The lowest BCUT2D eigenvalue weighted by Gasteiger charge is -2.31. The minimum absolute atomic E-state index is 0.0145. The highest BCUT2D eigenvalue weighted by Crippen LogP contribution is 2.27. The molecule has 1 aromatic carbocycles. The van der Waals surface area contributed by atoms with Gasteiger partial charge in [-0.1, -0.05) is 65.0 Å². The van der Waals surface area contributed by atoms with Gasteiger partial charge in [0.2, 0.25) is 0 Å². The molecule has 7 atom stereocenters.